The molecule has 0 aromatic carbocycles. The van der Waals surface area contributed by atoms with E-state index in [0.29, 0.717) is 13.1 Å². The lowest BCUT2D eigenvalue weighted by atomic mass is 10.00. The fourth-order valence-electron chi connectivity index (χ4n) is 2.26. The summed E-state index contributed by atoms with van der Waals surface area (Å²) in [6, 6.07) is -0.333. The summed E-state index contributed by atoms with van der Waals surface area (Å²) >= 11 is 0. The second kappa shape index (κ2) is 6.37. The van der Waals surface area contributed by atoms with Crippen LogP contribution in [-0.2, 0) is 14.3 Å². The lowest BCUT2D eigenvalue weighted by molar-refractivity contribution is -0.162. The molecule has 0 aromatic rings. The molecule has 0 aromatic heterocycles. The number of unbranched alkanes of at least 4 members (excludes halogenated alkanes) is 1. The number of hydrogen-bond donors (Lipinski definition) is 0. The molecule has 0 N–H and O–H groups in total. The Morgan fingerprint density at radius 1 is 1.42 bits per heavy atom. The minimum Gasteiger partial charge on any atom is -0.369 e. The van der Waals surface area contributed by atoms with Crippen molar-refractivity contribution in [3.05, 3.63) is 0 Å². The van der Waals surface area contributed by atoms with Gasteiger partial charge in [-0.2, -0.15) is 0 Å². The van der Waals surface area contributed by atoms with Gasteiger partial charge in [0.15, 0.2) is 0 Å². The maximum Gasteiger partial charge on any atom is 0.254 e. The van der Waals surface area contributed by atoms with Crippen molar-refractivity contribution in [1.29, 1.82) is 0 Å². The third-order valence-corrected chi connectivity index (χ3v) is 3.83. The van der Waals surface area contributed by atoms with Crippen LogP contribution >= 0.6 is 0 Å². The molecule has 5 nitrogen and oxygen atoms in total. The number of carbonyl (C=O) groups is 2. The largest absolute Gasteiger partial charge is 0.369 e. The lowest BCUT2D eigenvalue weighted by Gasteiger charge is -2.42. The fourth-order valence-corrected chi connectivity index (χ4v) is 2.26. The Kier molecular flexibility index (Phi) is 5.35. The van der Waals surface area contributed by atoms with Crippen LogP contribution < -0.4 is 0 Å². The van der Waals surface area contributed by atoms with Crippen LogP contribution in [0, 0.1) is 0 Å². The predicted octanol–water partition coefficient (Wildman–Crippen LogP) is 1.27. The molecule has 1 unspecified atom stereocenters. The molecule has 5 heteroatoms. The first-order valence-corrected chi connectivity index (χ1v) is 6.96. The Morgan fingerprint density at radius 2 is 2.05 bits per heavy atom. The summed E-state index contributed by atoms with van der Waals surface area (Å²) in [7, 11) is 3.32. The van der Waals surface area contributed by atoms with Crippen LogP contribution in [0.5, 0.6) is 0 Å². The SMILES string of the molecule is CCCCC1C(=O)N(C)CCN1C(=O)C(C)(C)OC. The van der Waals surface area contributed by atoms with Crippen molar-refractivity contribution in [1.82, 2.24) is 9.80 Å². The first kappa shape index (κ1) is 16.0. The van der Waals surface area contributed by atoms with Gasteiger partial charge < -0.3 is 14.5 Å². The maximum absolute atomic E-state index is 12.5. The molecule has 19 heavy (non-hydrogen) atoms. The molecule has 1 atom stereocenters. The highest BCUT2D eigenvalue weighted by atomic mass is 16.5. The molecule has 0 bridgehead atoms. The van der Waals surface area contributed by atoms with E-state index in [9.17, 15) is 9.59 Å². The molecule has 110 valence electrons. The van der Waals surface area contributed by atoms with Gasteiger partial charge in [-0.15, -0.1) is 0 Å². The van der Waals surface area contributed by atoms with Crippen molar-refractivity contribution in [3.8, 4) is 0 Å². The highest BCUT2D eigenvalue weighted by molar-refractivity contribution is 5.92. The predicted molar refractivity (Wildman–Crippen MR) is 73.8 cm³/mol. The molecule has 0 spiro atoms. The molecule has 1 saturated heterocycles. The van der Waals surface area contributed by atoms with E-state index in [1.807, 2.05) is 0 Å². The van der Waals surface area contributed by atoms with Crippen LogP contribution in [0.3, 0.4) is 0 Å². The molecule has 2 amide bonds. The van der Waals surface area contributed by atoms with Gasteiger partial charge in [-0.3, -0.25) is 9.59 Å². The van der Waals surface area contributed by atoms with Crippen molar-refractivity contribution < 1.29 is 14.3 Å². The zero-order valence-corrected chi connectivity index (χ0v) is 12.7. The van der Waals surface area contributed by atoms with E-state index in [2.05, 4.69) is 6.92 Å². The second-order valence-corrected chi connectivity index (χ2v) is 5.63. The molecule has 1 fully saturated rings. The quantitative estimate of drug-likeness (QED) is 0.756. The molecule has 1 heterocycles. The number of carbonyl (C=O) groups excluding carboxylic acids is 2. The number of hydrogen-bond acceptors (Lipinski definition) is 3. The Labute approximate surface area is 115 Å². The van der Waals surface area contributed by atoms with E-state index in [0.717, 1.165) is 19.3 Å². The Morgan fingerprint density at radius 3 is 2.58 bits per heavy atom. The Bertz CT molecular complexity index is 342. The van der Waals surface area contributed by atoms with Crippen LogP contribution in [0.25, 0.3) is 0 Å². The summed E-state index contributed by atoms with van der Waals surface area (Å²) in [5.74, 6) is -0.0579. The van der Waals surface area contributed by atoms with Crippen molar-refractivity contribution in [2.24, 2.45) is 0 Å². The van der Waals surface area contributed by atoms with E-state index in [-0.39, 0.29) is 17.9 Å². The molecular weight excluding hydrogens is 244 g/mol. The third kappa shape index (κ3) is 3.47. The smallest absolute Gasteiger partial charge is 0.254 e. The highest BCUT2D eigenvalue weighted by Gasteiger charge is 2.41. The number of amides is 2. The van der Waals surface area contributed by atoms with Crippen LogP contribution in [0.15, 0.2) is 0 Å². The standard InChI is InChI=1S/C14H26N2O3/c1-6-7-8-11-12(17)15(4)9-10-16(11)13(18)14(2,3)19-5/h11H,6-10H2,1-5H3. The van der Waals surface area contributed by atoms with Gasteiger partial charge in [-0.25, -0.2) is 0 Å². The fraction of sp³-hybridized carbons (Fsp3) is 0.857. The van der Waals surface area contributed by atoms with Gasteiger partial charge in [-0.1, -0.05) is 19.8 Å². The lowest BCUT2D eigenvalue weighted by Crippen LogP contribution is -2.61. The molecular formula is C14H26N2O3. The second-order valence-electron chi connectivity index (χ2n) is 5.63. The number of likely N-dealkylation sites (N-methyl/N-ethyl adjacent to an activating group) is 1. The number of methoxy groups -OCH3 is 1. The van der Waals surface area contributed by atoms with Crippen molar-refractivity contribution in [2.45, 2.75) is 51.7 Å². The van der Waals surface area contributed by atoms with Gasteiger partial charge in [0.05, 0.1) is 0 Å². The van der Waals surface area contributed by atoms with Crippen molar-refractivity contribution in [2.75, 3.05) is 27.2 Å². The molecule has 1 aliphatic heterocycles. The Hall–Kier alpha value is -1.10. The topological polar surface area (TPSA) is 49.9 Å². The first-order chi connectivity index (χ1) is 8.85. The summed E-state index contributed by atoms with van der Waals surface area (Å²) in [5, 5.41) is 0. The number of nitrogens with zero attached hydrogens (tertiary/aromatic N) is 2. The molecule has 1 aliphatic rings. The van der Waals surface area contributed by atoms with Gasteiger partial charge >= 0.3 is 0 Å². The van der Waals surface area contributed by atoms with E-state index in [1.165, 1.54) is 7.11 Å². The average molecular weight is 270 g/mol. The minimum absolute atomic E-state index is 0.0416. The normalized spacial score (nSPS) is 20.9. The number of ether oxygens (including phenoxy) is 1. The van der Waals surface area contributed by atoms with Gasteiger partial charge in [0.1, 0.15) is 11.6 Å². The zero-order valence-electron chi connectivity index (χ0n) is 12.7. The summed E-state index contributed by atoms with van der Waals surface area (Å²) in [4.78, 5) is 28.2. The molecule has 0 aliphatic carbocycles. The van der Waals surface area contributed by atoms with Gasteiger partial charge in [-0.05, 0) is 20.3 Å². The van der Waals surface area contributed by atoms with Crippen LogP contribution in [-0.4, -0.2) is 60.5 Å². The summed E-state index contributed by atoms with van der Waals surface area (Å²) < 4.78 is 5.25. The monoisotopic (exact) mass is 270 g/mol. The highest BCUT2D eigenvalue weighted by Crippen LogP contribution is 2.21. The summed E-state index contributed by atoms with van der Waals surface area (Å²) in [6.07, 6.45) is 2.69. The van der Waals surface area contributed by atoms with Gasteiger partial charge in [0.2, 0.25) is 5.91 Å². The molecule has 1 rings (SSSR count). The number of piperazine rings is 1. The average Bonchev–Trinajstić information content (AvgIpc) is 2.39. The zero-order chi connectivity index (χ0) is 14.6. The van der Waals surface area contributed by atoms with Crippen molar-refractivity contribution in [3.63, 3.8) is 0 Å². The van der Waals surface area contributed by atoms with E-state index >= 15 is 0 Å². The minimum atomic E-state index is -0.874. The molecule has 0 saturated carbocycles. The van der Waals surface area contributed by atoms with Gasteiger partial charge in [0, 0.05) is 27.2 Å². The number of rotatable bonds is 5. The van der Waals surface area contributed by atoms with E-state index in [4.69, 9.17) is 4.74 Å². The summed E-state index contributed by atoms with van der Waals surface area (Å²) in [6.45, 7) is 6.75. The van der Waals surface area contributed by atoms with Crippen LogP contribution in [0.1, 0.15) is 40.0 Å². The van der Waals surface area contributed by atoms with E-state index < -0.39 is 5.60 Å². The van der Waals surface area contributed by atoms with Crippen LogP contribution in [0.4, 0.5) is 0 Å². The first-order valence-electron chi connectivity index (χ1n) is 6.96. The molecule has 0 radical (unpaired) electrons. The van der Waals surface area contributed by atoms with Crippen molar-refractivity contribution >= 4 is 11.8 Å². The third-order valence-electron chi connectivity index (χ3n) is 3.83. The van der Waals surface area contributed by atoms with Crippen LogP contribution in [0.2, 0.25) is 0 Å². The van der Waals surface area contributed by atoms with Gasteiger partial charge in [0.25, 0.3) is 5.91 Å². The Balaban J connectivity index is 2.89. The summed E-state index contributed by atoms with van der Waals surface area (Å²) in [5.41, 5.74) is -0.874. The maximum atomic E-state index is 12.5. The van der Waals surface area contributed by atoms with E-state index in [1.54, 1.807) is 30.7 Å².